The standard InChI is InChI=1S/C19H20N2O5/c22-18(14-4-1-8-21(14)19(23)16-5-2-9-25-16)20-13-6-7-15-17(12-13)26-11-3-10-24-15/h2,5-7,9,12,14H,1,3-4,8,10-11H2,(H,20,22)/t14-/m1/s1. The molecule has 2 aliphatic heterocycles. The molecule has 0 unspecified atom stereocenters. The summed E-state index contributed by atoms with van der Waals surface area (Å²) >= 11 is 0. The second kappa shape index (κ2) is 7.11. The number of anilines is 1. The van der Waals surface area contributed by atoms with Crippen LogP contribution in [0, 0.1) is 0 Å². The van der Waals surface area contributed by atoms with Crippen molar-refractivity contribution in [2.75, 3.05) is 25.1 Å². The predicted molar refractivity (Wildman–Crippen MR) is 93.4 cm³/mol. The molecule has 1 aromatic heterocycles. The molecule has 1 saturated heterocycles. The van der Waals surface area contributed by atoms with Crippen LogP contribution in [0.1, 0.15) is 29.8 Å². The highest BCUT2D eigenvalue weighted by Gasteiger charge is 2.35. The van der Waals surface area contributed by atoms with Crippen molar-refractivity contribution in [3.8, 4) is 11.5 Å². The molecule has 3 heterocycles. The maximum Gasteiger partial charge on any atom is 0.290 e. The largest absolute Gasteiger partial charge is 0.490 e. The van der Waals surface area contributed by atoms with E-state index < -0.39 is 6.04 Å². The first-order valence-corrected chi connectivity index (χ1v) is 8.77. The Morgan fingerprint density at radius 2 is 1.92 bits per heavy atom. The fourth-order valence-corrected chi connectivity index (χ4v) is 3.29. The quantitative estimate of drug-likeness (QED) is 0.914. The van der Waals surface area contributed by atoms with Gasteiger partial charge in [-0.25, -0.2) is 0 Å². The third-order valence-corrected chi connectivity index (χ3v) is 4.56. The molecule has 1 atom stereocenters. The Labute approximate surface area is 150 Å². The first kappa shape index (κ1) is 16.5. The van der Waals surface area contributed by atoms with E-state index >= 15 is 0 Å². The van der Waals surface area contributed by atoms with Crippen LogP contribution in [0.3, 0.4) is 0 Å². The molecule has 26 heavy (non-hydrogen) atoms. The fourth-order valence-electron chi connectivity index (χ4n) is 3.29. The van der Waals surface area contributed by atoms with Crippen molar-refractivity contribution in [1.82, 2.24) is 4.90 Å². The highest BCUT2D eigenvalue weighted by molar-refractivity contribution is 6.00. The summed E-state index contributed by atoms with van der Waals surface area (Å²) in [6, 6.07) is 8.08. The van der Waals surface area contributed by atoms with Gasteiger partial charge in [-0.3, -0.25) is 9.59 Å². The number of likely N-dealkylation sites (tertiary alicyclic amines) is 1. The zero-order valence-corrected chi connectivity index (χ0v) is 14.3. The van der Waals surface area contributed by atoms with E-state index in [9.17, 15) is 9.59 Å². The number of fused-ring (bicyclic) bond motifs is 1. The van der Waals surface area contributed by atoms with Crippen LogP contribution < -0.4 is 14.8 Å². The van der Waals surface area contributed by atoms with Gasteiger partial charge in [0.25, 0.3) is 5.91 Å². The number of hydrogen-bond donors (Lipinski definition) is 1. The molecular weight excluding hydrogens is 336 g/mol. The van der Waals surface area contributed by atoms with E-state index in [1.165, 1.54) is 6.26 Å². The number of ether oxygens (including phenoxy) is 2. The minimum absolute atomic E-state index is 0.211. The second-order valence-electron chi connectivity index (χ2n) is 6.34. The van der Waals surface area contributed by atoms with Crippen LogP contribution >= 0.6 is 0 Å². The summed E-state index contributed by atoms with van der Waals surface area (Å²) < 4.78 is 16.4. The molecule has 2 aromatic rings. The Balaban J connectivity index is 1.47. The first-order chi connectivity index (χ1) is 12.7. The van der Waals surface area contributed by atoms with Gasteiger partial charge in [-0.05, 0) is 37.1 Å². The molecule has 1 N–H and O–H groups in total. The number of nitrogens with zero attached hydrogens (tertiary/aromatic N) is 1. The molecule has 1 aromatic carbocycles. The molecule has 0 bridgehead atoms. The third kappa shape index (κ3) is 3.24. The molecule has 1 fully saturated rings. The lowest BCUT2D eigenvalue weighted by Crippen LogP contribution is -2.43. The summed E-state index contributed by atoms with van der Waals surface area (Å²) in [7, 11) is 0. The van der Waals surface area contributed by atoms with E-state index in [1.807, 2.05) is 0 Å². The SMILES string of the molecule is O=C(Nc1ccc2c(c1)OCCCO2)[C@H]1CCCN1C(=O)c1ccco1. The zero-order valence-electron chi connectivity index (χ0n) is 14.3. The van der Waals surface area contributed by atoms with Crippen molar-refractivity contribution in [2.45, 2.75) is 25.3 Å². The molecule has 0 aliphatic carbocycles. The van der Waals surface area contributed by atoms with Gasteiger partial charge in [-0.1, -0.05) is 0 Å². The molecule has 7 nitrogen and oxygen atoms in total. The van der Waals surface area contributed by atoms with E-state index in [0.717, 1.165) is 12.8 Å². The van der Waals surface area contributed by atoms with Crippen LogP contribution in [0.4, 0.5) is 5.69 Å². The van der Waals surface area contributed by atoms with Crippen LogP contribution in [0.5, 0.6) is 11.5 Å². The van der Waals surface area contributed by atoms with E-state index in [1.54, 1.807) is 35.2 Å². The minimum atomic E-state index is -0.511. The summed E-state index contributed by atoms with van der Waals surface area (Å²) in [5.41, 5.74) is 0.622. The number of carbonyl (C=O) groups is 2. The summed E-state index contributed by atoms with van der Waals surface area (Å²) in [6.45, 7) is 1.74. The normalized spacial score (nSPS) is 19.1. The molecule has 136 valence electrons. The topological polar surface area (TPSA) is 81.0 Å². The molecule has 0 radical (unpaired) electrons. The maximum atomic E-state index is 12.7. The average Bonchev–Trinajstić information content (AvgIpc) is 3.29. The number of rotatable bonds is 3. The number of benzene rings is 1. The second-order valence-corrected chi connectivity index (χ2v) is 6.34. The van der Waals surface area contributed by atoms with Crippen LogP contribution in [0.2, 0.25) is 0 Å². The Hall–Kier alpha value is -2.96. The Kier molecular flexibility index (Phi) is 4.51. The fraction of sp³-hybridized carbons (Fsp3) is 0.368. The number of hydrogen-bond acceptors (Lipinski definition) is 5. The summed E-state index contributed by atoms with van der Waals surface area (Å²) in [5, 5.41) is 2.89. The third-order valence-electron chi connectivity index (χ3n) is 4.56. The lowest BCUT2D eigenvalue weighted by atomic mass is 10.2. The van der Waals surface area contributed by atoms with Gasteiger partial charge in [-0.15, -0.1) is 0 Å². The van der Waals surface area contributed by atoms with Gasteiger partial charge >= 0.3 is 0 Å². The van der Waals surface area contributed by atoms with Crippen molar-refractivity contribution in [3.63, 3.8) is 0 Å². The smallest absolute Gasteiger partial charge is 0.290 e. The zero-order chi connectivity index (χ0) is 17.9. The van der Waals surface area contributed by atoms with E-state index in [0.29, 0.717) is 43.4 Å². The molecule has 4 rings (SSSR count). The van der Waals surface area contributed by atoms with E-state index in [4.69, 9.17) is 13.9 Å². The van der Waals surface area contributed by atoms with Gasteiger partial charge in [0.05, 0.1) is 19.5 Å². The Morgan fingerprint density at radius 1 is 1.08 bits per heavy atom. The highest BCUT2D eigenvalue weighted by atomic mass is 16.5. The average molecular weight is 356 g/mol. The van der Waals surface area contributed by atoms with Crippen LogP contribution in [-0.2, 0) is 4.79 Å². The Bertz CT molecular complexity index is 802. The molecule has 0 saturated carbocycles. The minimum Gasteiger partial charge on any atom is -0.490 e. The number of furan rings is 1. The molecular formula is C19H20N2O5. The summed E-state index contributed by atoms with van der Waals surface area (Å²) in [6.07, 6.45) is 3.69. The van der Waals surface area contributed by atoms with Crippen LogP contribution in [0.25, 0.3) is 0 Å². The predicted octanol–water partition coefficient (Wildman–Crippen LogP) is 2.68. The lowest BCUT2D eigenvalue weighted by molar-refractivity contribution is -0.119. The Morgan fingerprint density at radius 3 is 2.73 bits per heavy atom. The van der Waals surface area contributed by atoms with Crippen LogP contribution in [-0.4, -0.2) is 42.5 Å². The van der Waals surface area contributed by atoms with Crippen molar-refractivity contribution < 1.29 is 23.5 Å². The van der Waals surface area contributed by atoms with Gasteiger partial charge in [0.2, 0.25) is 5.91 Å². The van der Waals surface area contributed by atoms with Crippen molar-refractivity contribution in [2.24, 2.45) is 0 Å². The van der Waals surface area contributed by atoms with Crippen LogP contribution in [0.15, 0.2) is 41.0 Å². The van der Waals surface area contributed by atoms with E-state index in [2.05, 4.69) is 5.32 Å². The summed E-state index contributed by atoms with van der Waals surface area (Å²) in [4.78, 5) is 26.8. The number of carbonyl (C=O) groups excluding carboxylic acids is 2. The van der Waals surface area contributed by atoms with Crippen molar-refractivity contribution >= 4 is 17.5 Å². The molecule has 7 heteroatoms. The molecule has 2 amide bonds. The number of nitrogens with one attached hydrogen (secondary N) is 1. The van der Waals surface area contributed by atoms with Gasteiger partial charge in [0.1, 0.15) is 6.04 Å². The highest BCUT2D eigenvalue weighted by Crippen LogP contribution is 2.32. The molecule has 0 spiro atoms. The van der Waals surface area contributed by atoms with Gasteiger partial charge in [-0.2, -0.15) is 0 Å². The van der Waals surface area contributed by atoms with Crippen molar-refractivity contribution in [3.05, 3.63) is 42.4 Å². The monoisotopic (exact) mass is 356 g/mol. The lowest BCUT2D eigenvalue weighted by Gasteiger charge is -2.23. The maximum absolute atomic E-state index is 12.7. The van der Waals surface area contributed by atoms with Crippen molar-refractivity contribution in [1.29, 1.82) is 0 Å². The van der Waals surface area contributed by atoms with Gasteiger partial charge in [0.15, 0.2) is 17.3 Å². The summed E-state index contributed by atoms with van der Waals surface area (Å²) in [5.74, 6) is 1.08. The first-order valence-electron chi connectivity index (χ1n) is 8.77. The molecule has 2 aliphatic rings. The number of amides is 2. The van der Waals surface area contributed by atoms with E-state index in [-0.39, 0.29) is 17.6 Å². The van der Waals surface area contributed by atoms with Gasteiger partial charge in [0, 0.05) is 24.7 Å². The van der Waals surface area contributed by atoms with Gasteiger partial charge < -0.3 is 24.1 Å².